The molecule has 0 N–H and O–H groups in total. The average Bonchev–Trinajstić information content (AvgIpc) is 2.64. The van der Waals surface area contributed by atoms with E-state index in [9.17, 15) is 4.79 Å². The second-order valence-corrected chi connectivity index (χ2v) is 6.08. The minimum Gasteiger partial charge on any atom is -0.372 e. The maximum Gasteiger partial charge on any atom is 0.150 e. The summed E-state index contributed by atoms with van der Waals surface area (Å²) in [6.07, 6.45) is 4.85. The highest BCUT2D eigenvalue weighted by molar-refractivity contribution is 5.78. The summed E-state index contributed by atoms with van der Waals surface area (Å²) in [6.45, 7) is 8.97. The Bertz CT molecular complexity index is 439. The van der Waals surface area contributed by atoms with Crippen molar-refractivity contribution in [3.8, 4) is 0 Å². The molecule has 1 saturated heterocycles. The van der Waals surface area contributed by atoms with E-state index in [-0.39, 0.29) is 0 Å². The first-order chi connectivity index (χ1) is 9.11. The number of nitrogens with zero attached hydrogens (tertiary/aromatic N) is 1. The zero-order valence-electron chi connectivity index (χ0n) is 12.4. The van der Waals surface area contributed by atoms with E-state index in [1.54, 1.807) is 0 Å². The number of rotatable bonds is 3. The van der Waals surface area contributed by atoms with Gasteiger partial charge in [0.2, 0.25) is 0 Å². The first-order valence-corrected chi connectivity index (χ1v) is 7.42. The molecule has 1 heterocycles. The summed E-state index contributed by atoms with van der Waals surface area (Å²) in [4.78, 5) is 13.4. The molecule has 1 aliphatic heterocycles. The Morgan fingerprint density at radius 1 is 1.26 bits per heavy atom. The highest BCUT2D eigenvalue weighted by Crippen LogP contribution is 2.28. The molecule has 0 bridgehead atoms. The number of aldehydes is 1. The molecule has 104 valence electrons. The summed E-state index contributed by atoms with van der Waals surface area (Å²) in [7, 11) is 0. The summed E-state index contributed by atoms with van der Waals surface area (Å²) in [6, 6.07) is 6.19. The lowest BCUT2D eigenvalue weighted by Gasteiger charge is -2.24. The largest absolute Gasteiger partial charge is 0.372 e. The topological polar surface area (TPSA) is 20.3 Å². The third-order valence-electron chi connectivity index (χ3n) is 4.46. The number of anilines is 1. The van der Waals surface area contributed by atoms with Gasteiger partial charge in [0.15, 0.2) is 0 Å². The van der Waals surface area contributed by atoms with Crippen LogP contribution in [0.2, 0.25) is 0 Å². The number of hydrogen-bond donors (Lipinski definition) is 0. The Morgan fingerprint density at radius 3 is 2.68 bits per heavy atom. The van der Waals surface area contributed by atoms with Crippen LogP contribution in [0.4, 0.5) is 5.69 Å². The molecular weight excluding hydrogens is 234 g/mol. The Hall–Kier alpha value is -1.31. The zero-order valence-corrected chi connectivity index (χ0v) is 12.4. The van der Waals surface area contributed by atoms with Crippen LogP contribution in [0.3, 0.4) is 0 Å². The van der Waals surface area contributed by atoms with Crippen molar-refractivity contribution >= 4 is 12.0 Å². The monoisotopic (exact) mass is 259 g/mol. The molecule has 1 atom stereocenters. The SMILES string of the molecule is Cc1cc(N2CCCC(C(C)C)CC2)ccc1C=O. The lowest BCUT2D eigenvalue weighted by atomic mass is 9.89. The number of aryl methyl sites for hydroxylation is 1. The predicted molar refractivity (Wildman–Crippen MR) is 81.0 cm³/mol. The van der Waals surface area contributed by atoms with Crippen LogP contribution in [-0.2, 0) is 0 Å². The second-order valence-electron chi connectivity index (χ2n) is 6.08. The van der Waals surface area contributed by atoms with Crippen molar-refractivity contribution in [1.29, 1.82) is 0 Å². The van der Waals surface area contributed by atoms with Gasteiger partial charge in [0.05, 0.1) is 0 Å². The molecule has 0 saturated carbocycles. The predicted octanol–water partition coefficient (Wildman–Crippen LogP) is 4.07. The minimum absolute atomic E-state index is 0.791. The third kappa shape index (κ3) is 3.37. The van der Waals surface area contributed by atoms with Gasteiger partial charge in [0.1, 0.15) is 6.29 Å². The van der Waals surface area contributed by atoms with Crippen LogP contribution >= 0.6 is 0 Å². The van der Waals surface area contributed by atoms with Gasteiger partial charge in [-0.1, -0.05) is 13.8 Å². The van der Waals surface area contributed by atoms with Crippen molar-refractivity contribution in [3.05, 3.63) is 29.3 Å². The number of benzene rings is 1. The van der Waals surface area contributed by atoms with Crippen molar-refractivity contribution in [2.45, 2.75) is 40.0 Å². The molecule has 1 aliphatic rings. The first-order valence-electron chi connectivity index (χ1n) is 7.42. The van der Waals surface area contributed by atoms with E-state index < -0.39 is 0 Å². The Balaban J connectivity index is 2.10. The molecule has 2 rings (SSSR count). The van der Waals surface area contributed by atoms with Gasteiger partial charge in [-0.3, -0.25) is 4.79 Å². The van der Waals surface area contributed by atoms with Crippen molar-refractivity contribution < 1.29 is 4.79 Å². The van der Waals surface area contributed by atoms with Crippen molar-refractivity contribution in [2.75, 3.05) is 18.0 Å². The fourth-order valence-corrected chi connectivity index (χ4v) is 3.04. The van der Waals surface area contributed by atoms with E-state index in [0.29, 0.717) is 0 Å². The van der Waals surface area contributed by atoms with Gasteiger partial charge in [-0.2, -0.15) is 0 Å². The van der Waals surface area contributed by atoms with E-state index >= 15 is 0 Å². The summed E-state index contributed by atoms with van der Waals surface area (Å²) in [5, 5.41) is 0. The third-order valence-corrected chi connectivity index (χ3v) is 4.46. The standard InChI is InChI=1S/C17H25NO/c1-13(2)15-5-4-9-18(10-8-15)17-7-6-16(12-19)14(3)11-17/h6-7,11-13,15H,4-5,8-10H2,1-3H3. The molecule has 0 amide bonds. The van der Waals surface area contributed by atoms with Gasteiger partial charge in [-0.15, -0.1) is 0 Å². The Kier molecular flexibility index (Phi) is 4.62. The molecule has 0 aromatic heterocycles. The van der Waals surface area contributed by atoms with Gasteiger partial charge in [0, 0.05) is 24.3 Å². The Morgan fingerprint density at radius 2 is 2.05 bits per heavy atom. The van der Waals surface area contributed by atoms with Crippen LogP contribution in [0.15, 0.2) is 18.2 Å². The smallest absolute Gasteiger partial charge is 0.150 e. The van der Waals surface area contributed by atoms with Crippen LogP contribution in [0.5, 0.6) is 0 Å². The zero-order chi connectivity index (χ0) is 13.8. The van der Waals surface area contributed by atoms with Crippen LogP contribution in [-0.4, -0.2) is 19.4 Å². The molecule has 19 heavy (non-hydrogen) atoms. The van der Waals surface area contributed by atoms with Gasteiger partial charge >= 0.3 is 0 Å². The number of carbonyl (C=O) groups is 1. The number of carbonyl (C=O) groups excluding carboxylic acids is 1. The minimum atomic E-state index is 0.791. The molecule has 0 spiro atoms. The molecular formula is C17H25NO. The molecule has 1 unspecified atom stereocenters. The summed E-state index contributed by atoms with van der Waals surface area (Å²) >= 11 is 0. The summed E-state index contributed by atoms with van der Waals surface area (Å²) in [5.41, 5.74) is 3.16. The molecule has 2 heteroatoms. The van der Waals surface area contributed by atoms with Crippen LogP contribution in [0.1, 0.15) is 49.0 Å². The Labute approximate surface area is 116 Å². The lowest BCUT2D eigenvalue weighted by Crippen LogP contribution is -2.24. The molecule has 1 fully saturated rings. The van der Waals surface area contributed by atoms with Gasteiger partial charge < -0.3 is 4.90 Å². The van der Waals surface area contributed by atoms with Crippen molar-refractivity contribution in [2.24, 2.45) is 11.8 Å². The molecule has 0 aliphatic carbocycles. The van der Waals surface area contributed by atoms with Gasteiger partial charge in [0.25, 0.3) is 0 Å². The first kappa shape index (κ1) is 14.1. The second kappa shape index (κ2) is 6.23. The summed E-state index contributed by atoms with van der Waals surface area (Å²) < 4.78 is 0. The molecule has 2 nitrogen and oxygen atoms in total. The molecule has 1 aromatic rings. The van der Waals surface area contributed by atoms with Crippen LogP contribution in [0.25, 0.3) is 0 Å². The van der Waals surface area contributed by atoms with Crippen LogP contribution in [0, 0.1) is 18.8 Å². The fraction of sp³-hybridized carbons (Fsp3) is 0.588. The molecule has 0 radical (unpaired) electrons. The fourth-order valence-electron chi connectivity index (χ4n) is 3.04. The maximum absolute atomic E-state index is 10.9. The quantitative estimate of drug-likeness (QED) is 0.763. The lowest BCUT2D eigenvalue weighted by molar-refractivity contribution is 0.112. The van der Waals surface area contributed by atoms with E-state index in [1.165, 1.54) is 24.9 Å². The highest BCUT2D eigenvalue weighted by atomic mass is 16.1. The van der Waals surface area contributed by atoms with Gasteiger partial charge in [-0.25, -0.2) is 0 Å². The average molecular weight is 259 g/mol. The van der Waals surface area contributed by atoms with Crippen molar-refractivity contribution in [1.82, 2.24) is 0 Å². The van der Waals surface area contributed by atoms with E-state index in [1.807, 2.05) is 13.0 Å². The van der Waals surface area contributed by atoms with Crippen molar-refractivity contribution in [3.63, 3.8) is 0 Å². The normalized spacial score (nSPS) is 20.4. The van der Waals surface area contributed by atoms with E-state index in [2.05, 4.69) is 30.9 Å². The van der Waals surface area contributed by atoms with Crippen LogP contribution < -0.4 is 4.90 Å². The molecule has 1 aromatic carbocycles. The maximum atomic E-state index is 10.9. The van der Waals surface area contributed by atoms with E-state index in [4.69, 9.17) is 0 Å². The van der Waals surface area contributed by atoms with Gasteiger partial charge in [-0.05, 0) is 61.8 Å². The van der Waals surface area contributed by atoms with E-state index in [0.717, 1.165) is 42.3 Å². The summed E-state index contributed by atoms with van der Waals surface area (Å²) in [5.74, 6) is 1.65. The highest BCUT2D eigenvalue weighted by Gasteiger charge is 2.19. The number of hydrogen-bond acceptors (Lipinski definition) is 2.